The number of nitrogens with zero attached hydrogens (tertiary/aromatic N) is 3. The second kappa shape index (κ2) is 8.59. The molecule has 2 heterocycles. The summed E-state index contributed by atoms with van der Waals surface area (Å²) in [4.78, 5) is 12.7. The molecule has 0 atom stereocenters. The fraction of sp³-hybridized carbons (Fsp3) is 0.208. The van der Waals surface area contributed by atoms with Crippen molar-refractivity contribution in [1.82, 2.24) is 8.87 Å². The van der Waals surface area contributed by atoms with Crippen LogP contribution in [-0.4, -0.2) is 46.3 Å². The van der Waals surface area contributed by atoms with Gasteiger partial charge in [0, 0.05) is 20.6 Å². The van der Waals surface area contributed by atoms with Gasteiger partial charge in [0.25, 0.3) is 10.0 Å². The number of rotatable bonds is 6. The van der Waals surface area contributed by atoms with E-state index >= 15 is 0 Å². The minimum absolute atomic E-state index is 0.0935. The first-order valence-electron chi connectivity index (χ1n) is 10.8. The van der Waals surface area contributed by atoms with Gasteiger partial charge in [-0.05, 0) is 53.9 Å². The summed E-state index contributed by atoms with van der Waals surface area (Å²) in [5.74, 6) is 0. The van der Waals surface area contributed by atoms with E-state index in [1.165, 1.54) is 30.5 Å². The molecule has 35 heavy (non-hydrogen) atoms. The van der Waals surface area contributed by atoms with Gasteiger partial charge in [-0.25, -0.2) is 21.1 Å². The van der Waals surface area contributed by atoms with Crippen molar-refractivity contribution in [2.24, 2.45) is 0 Å². The highest BCUT2D eigenvalue weighted by Crippen LogP contribution is 2.35. The Morgan fingerprint density at radius 3 is 2.34 bits per heavy atom. The van der Waals surface area contributed by atoms with Crippen LogP contribution in [0.1, 0.15) is 11.1 Å². The maximum absolute atomic E-state index is 13.5. The van der Waals surface area contributed by atoms with Gasteiger partial charge in [-0.3, -0.25) is 13.7 Å². The van der Waals surface area contributed by atoms with Crippen LogP contribution in [-0.2, 0) is 33.0 Å². The molecule has 0 spiro atoms. The molecule has 0 fully saturated rings. The second-order valence-corrected chi connectivity index (χ2v) is 13.5. The minimum atomic E-state index is -3.90. The van der Waals surface area contributed by atoms with Gasteiger partial charge in [0.2, 0.25) is 10.0 Å². The van der Waals surface area contributed by atoms with Crippen molar-refractivity contribution in [2.75, 3.05) is 24.9 Å². The van der Waals surface area contributed by atoms with Crippen LogP contribution in [0.2, 0.25) is 0 Å². The molecule has 0 radical (unpaired) electrons. The molecule has 0 N–H and O–H groups in total. The van der Waals surface area contributed by atoms with Crippen molar-refractivity contribution >= 4 is 47.3 Å². The quantitative estimate of drug-likeness (QED) is 0.382. The van der Waals surface area contributed by atoms with Crippen molar-refractivity contribution in [3.05, 3.63) is 87.5 Å². The number of hydrogen-bond acceptors (Lipinski definition) is 6. The number of fused-ring (bicyclic) bond motifs is 2. The zero-order chi connectivity index (χ0) is 25.0. The molecule has 0 saturated carbocycles. The maximum atomic E-state index is 13.5. The third-order valence-corrected chi connectivity index (χ3v) is 10.7. The normalized spacial score (nSPS) is 14.1. The monoisotopic (exact) mass is 529 g/mol. The molecular formula is C24H23N3O5S3. The summed E-state index contributed by atoms with van der Waals surface area (Å²) in [6.07, 6.45) is 0.411. The number of thiazole rings is 1. The van der Waals surface area contributed by atoms with Crippen LogP contribution in [0.25, 0.3) is 10.2 Å². The Labute approximate surface area is 207 Å². The highest BCUT2D eigenvalue weighted by molar-refractivity contribution is 7.93. The molecule has 0 bridgehead atoms. The highest BCUT2D eigenvalue weighted by Gasteiger charge is 2.32. The van der Waals surface area contributed by atoms with Gasteiger partial charge in [0.1, 0.15) is 0 Å². The largest absolute Gasteiger partial charge is 0.308 e. The van der Waals surface area contributed by atoms with Crippen LogP contribution in [0.3, 0.4) is 0 Å². The van der Waals surface area contributed by atoms with Crippen molar-refractivity contribution in [1.29, 1.82) is 0 Å². The predicted molar refractivity (Wildman–Crippen MR) is 137 cm³/mol. The van der Waals surface area contributed by atoms with Gasteiger partial charge < -0.3 is 0 Å². The number of anilines is 1. The average Bonchev–Trinajstić information content (AvgIpc) is 3.40. The third-order valence-electron chi connectivity index (χ3n) is 6.09. The van der Waals surface area contributed by atoms with E-state index in [4.69, 9.17) is 0 Å². The zero-order valence-electron chi connectivity index (χ0n) is 19.1. The number of aromatic nitrogens is 1. The van der Waals surface area contributed by atoms with Gasteiger partial charge >= 0.3 is 4.87 Å². The minimum Gasteiger partial charge on any atom is -0.294 e. The van der Waals surface area contributed by atoms with Crippen molar-refractivity contribution in [2.45, 2.75) is 22.8 Å². The molecule has 182 valence electrons. The Hall–Kier alpha value is -2.99. The standard InChI is InChI=1S/C24H23N3O5S3/c1-25(2)34(29,30)19-8-10-21-18(14-19)12-13-27(21)35(31,32)20-9-11-22-23(15-20)33-24(28)26(22)16-17-6-4-3-5-7-17/h3-11,14-15H,12-13,16H2,1-2H3. The molecule has 0 aliphatic carbocycles. The summed E-state index contributed by atoms with van der Waals surface area (Å²) in [6.45, 7) is 0.621. The fourth-order valence-corrected chi connectivity index (χ4v) is 7.71. The Morgan fingerprint density at radius 2 is 1.63 bits per heavy atom. The van der Waals surface area contributed by atoms with Crippen LogP contribution >= 0.6 is 11.3 Å². The van der Waals surface area contributed by atoms with Gasteiger partial charge in [-0.1, -0.05) is 41.7 Å². The number of hydrogen-bond donors (Lipinski definition) is 0. The van der Waals surface area contributed by atoms with E-state index in [1.54, 1.807) is 28.8 Å². The van der Waals surface area contributed by atoms with E-state index in [9.17, 15) is 21.6 Å². The summed E-state index contributed by atoms with van der Waals surface area (Å²) in [7, 11) is -4.61. The molecular weight excluding hydrogens is 506 g/mol. The van der Waals surface area contributed by atoms with Crippen LogP contribution < -0.4 is 9.18 Å². The first-order valence-corrected chi connectivity index (χ1v) is 14.5. The van der Waals surface area contributed by atoms with E-state index < -0.39 is 20.0 Å². The van der Waals surface area contributed by atoms with Crippen molar-refractivity contribution in [3.8, 4) is 0 Å². The van der Waals surface area contributed by atoms with Crippen molar-refractivity contribution < 1.29 is 16.8 Å². The molecule has 0 unspecified atom stereocenters. The lowest BCUT2D eigenvalue weighted by Crippen LogP contribution is -2.29. The fourth-order valence-electron chi connectivity index (χ4n) is 4.22. The molecule has 11 heteroatoms. The highest BCUT2D eigenvalue weighted by atomic mass is 32.2. The Morgan fingerprint density at radius 1 is 0.914 bits per heavy atom. The summed E-state index contributed by atoms with van der Waals surface area (Å²) >= 11 is 1.02. The molecule has 0 amide bonds. The smallest absolute Gasteiger partial charge is 0.294 e. The maximum Gasteiger partial charge on any atom is 0.308 e. The first-order chi connectivity index (χ1) is 16.6. The summed E-state index contributed by atoms with van der Waals surface area (Å²) in [6, 6.07) is 18.9. The van der Waals surface area contributed by atoms with E-state index in [0.717, 1.165) is 21.2 Å². The molecule has 1 aliphatic rings. The van der Waals surface area contributed by atoms with Gasteiger partial charge in [0.15, 0.2) is 0 Å². The van der Waals surface area contributed by atoms with Crippen LogP contribution in [0, 0.1) is 0 Å². The first kappa shape index (κ1) is 23.7. The lowest BCUT2D eigenvalue weighted by atomic mass is 10.2. The van der Waals surface area contributed by atoms with Gasteiger partial charge in [-0.15, -0.1) is 0 Å². The Balaban J connectivity index is 1.50. The van der Waals surface area contributed by atoms with E-state index in [2.05, 4.69) is 0 Å². The molecule has 1 aromatic heterocycles. The predicted octanol–water partition coefficient (Wildman–Crippen LogP) is 3.11. The van der Waals surface area contributed by atoms with Gasteiger partial charge in [0.05, 0.1) is 32.2 Å². The average molecular weight is 530 g/mol. The lowest BCUT2D eigenvalue weighted by Gasteiger charge is -2.20. The molecule has 0 saturated heterocycles. The van der Waals surface area contributed by atoms with E-state index in [0.29, 0.717) is 34.4 Å². The third kappa shape index (κ3) is 4.08. The molecule has 4 aromatic rings. The summed E-state index contributed by atoms with van der Waals surface area (Å²) in [5.41, 5.74) is 2.80. The molecule has 8 nitrogen and oxygen atoms in total. The van der Waals surface area contributed by atoms with Crippen molar-refractivity contribution in [3.63, 3.8) is 0 Å². The number of sulfonamides is 2. The van der Waals surface area contributed by atoms with Crippen LogP contribution in [0.4, 0.5) is 5.69 Å². The molecule has 5 rings (SSSR count). The SMILES string of the molecule is CN(C)S(=O)(=O)c1ccc2c(c1)CCN2S(=O)(=O)c1ccc2c(c1)sc(=O)n2Cc1ccccc1. The lowest BCUT2D eigenvalue weighted by molar-refractivity contribution is 0.520. The number of benzene rings is 3. The summed E-state index contributed by atoms with van der Waals surface area (Å²) < 4.78 is 56.7. The molecule has 1 aliphatic heterocycles. The van der Waals surface area contributed by atoms with Crippen LogP contribution in [0.5, 0.6) is 0 Å². The van der Waals surface area contributed by atoms with Gasteiger partial charge in [-0.2, -0.15) is 0 Å². The van der Waals surface area contributed by atoms with E-state index in [-0.39, 0.29) is 21.2 Å². The zero-order valence-corrected chi connectivity index (χ0v) is 21.5. The topological polar surface area (TPSA) is 96.8 Å². The van der Waals surface area contributed by atoms with Crippen LogP contribution in [0.15, 0.2) is 81.3 Å². The Bertz CT molecular complexity index is 1710. The molecule has 3 aromatic carbocycles. The second-order valence-electron chi connectivity index (χ2n) is 8.47. The summed E-state index contributed by atoms with van der Waals surface area (Å²) in [5, 5.41) is 0. The Kier molecular flexibility index (Phi) is 5.83. The van der Waals surface area contributed by atoms with E-state index in [1.807, 2.05) is 30.3 Å².